The zero-order chi connectivity index (χ0) is 13.1. The summed E-state index contributed by atoms with van der Waals surface area (Å²) in [5.41, 5.74) is 1.20. The van der Waals surface area contributed by atoms with Gasteiger partial charge in [0, 0.05) is 24.1 Å². The van der Waals surface area contributed by atoms with Gasteiger partial charge in [-0.2, -0.15) is 0 Å². The summed E-state index contributed by atoms with van der Waals surface area (Å²) in [6.07, 6.45) is 1.00. The Morgan fingerprint density at radius 1 is 1.11 bits per heavy atom. The maximum atomic E-state index is 5.81. The summed E-state index contributed by atoms with van der Waals surface area (Å²) in [6.45, 7) is 0.743. The number of para-hydroxylation sites is 1. The van der Waals surface area contributed by atoms with Gasteiger partial charge >= 0.3 is 0 Å². The van der Waals surface area contributed by atoms with Crippen LogP contribution in [0.3, 0.4) is 0 Å². The van der Waals surface area contributed by atoms with E-state index in [1.165, 1.54) is 5.56 Å². The molecule has 0 radical (unpaired) electrons. The predicted molar refractivity (Wildman–Crippen MR) is 74.9 cm³/mol. The summed E-state index contributed by atoms with van der Waals surface area (Å²) in [4.78, 5) is 0. The monoisotopic (exact) mass is 255 g/mol. The molecule has 2 aromatic rings. The number of ether oxygens (including phenoxy) is 2. The highest BCUT2D eigenvalue weighted by Gasteiger charge is 2.20. The molecular weight excluding hydrogens is 238 g/mol. The molecule has 1 N–H and O–H groups in total. The zero-order valence-corrected chi connectivity index (χ0v) is 10.9. The van der Waals surface area contributed by atoms with Crippen molar-refractivity contribution in [3.63, 3.8) is 0 Å². The van der Waals surface area contributed by atoms with Gasteiger partial charge in [0.2, 0.25) is 0 Å². The largest absolute Gasteiger partial charge is 0.493 e. The molecule has 0 saturated heterocycles. The number of fused-ring (bicyclic) bond motifs is 1. The molecule has 0 bridgehead atoms. The van der Waals surface area contributed by atoms with Crippen LogP contribution in [0.5, 0.6) is 17.2 Å². The Bertz CT molecular complexity index is 554. The van der Waals surface area contributed by atoms with E-state index in [0.29, 0.717) is 6.04 Å². The molecular formula is C16H17NO2. The van der Waals surface area contributed by atoms with Crippen molar-refractivity contribution in [3.05, 3.63) is 54.1 Å². The molecule has 3 nitrogen and oxygen atoms in total. The van der Waals surface area contributed by atoms with Crippen molar-refractivity contribution < 1.29 is 9.47 Å². The first-order chi connectivity index (χ1) is 9.36. The van der Waals surface area contributed by atoms with Gasteiger partial charge in [-0.1, -0.05) is 24.3 Å². The van der Waals surface area contributed by atoms with Gasteiger partial charge in [-0.25, -0.2) is 0 Å². The van der Waals surface area contributed by atoms with Gasteiger partial charge in [-0.05, 0) is 25.2 Å². The summed E-state index contributed by atoms with van der Waals surface area (Å²) >= 11 is 0. The minimum atomic E-state index is 0.370. The molecule has 19 heavy (non-hydrogen) atoms. The quantitative estimate of drug-likeness (QED) is 0.910. The van der Waals surface area contributed by atoms with Crippen LogP contribution in [0.25, 0.3) is 0 Å². The minimum Gasteiger partial charge on any atom is -0.493 e. The fraction of sp³-hybridized carbons (Fsp3) is 0.250. The fourth-order valence-corrected chi connectivity index (χ4v) is 2.36. The van der Waals surface area contributed by atoms with Crippen molar-refractivity contribution in [3.8, 4) is 17.2 Å². The van der Waals surface area contributed by atoms with E-state index in [2.05, 4.69) is 11.4 Å². The minimum absolute atomic E-state index is 0.370. The number of hydrogen-bond acceptors (Lipinski definition) is 3. The Kier molecular flexibility index (Phi) is 3.38. The third kappa shape index (κ3) is 2.56. The summed E-state index contributed by atoms with van der Waals surface area (Å²) < 4.78 is 11.5. The third-order valence-corrected chi connectivity index (χ3v) is 3.35. The van der Waals surface area contributed by atoms with E-state index < -0.39 is 0 Å². The highest BCUT2D eigenvalue weighted by Crippen LogP contribution is 2.35. The van der Waals surface area contributed by atoms with E-state index in [1.807, 2.05) is 49.5 Å². The van der Waals surface area contributed by atoms with Crippen molar-refractivity contribution in [2.75, 3.05) is 13.7 Å². The van der Waals surface area contributed by atoms with Crippen LogP contribution in [-0.4, -0.2) is 13.7 Å². The molecule has 98 valence electrons. The second-order valence-corrected chi connectivity index (χ2v) is 4.59. The first kappa shape index (κ1) is 12.1. The van der Waals surface area contributed by atoms with E-state index in [4.69, 9.17) is 9.47 Å². The van der Waals surface area contributed by atoms with Crippen LogP contribution < -0.4 is 14.8 Å². The van der Waals surface area contributed by atoms with Gasteiger partial charge in [-0.3, -0.25) is 0 Å². The highest BCUT2D eigenvalue weighted by molar-refractivity contribution is 5.45. The summed E-state index contributed by atoms with van der Waals surface area (Å²) in [6, 6.07) is 16.2. The fourth-order valence-electron chi connectivity index (χ4n) is 2.36. The maximum Gasteiger partial charge on any atom is 0.131 e. The lowest BCUT2D eigenvalue weighted by Gasteiger charge is -2.25. The average molecular weight is 255 g/mol. The van der Waals surface area contributed by atoms with Crippen LogP contribution in [0, 0.1) is 0 Å². The first-order valence-electron chi connectivity index (χ1n) is 6.54. The summed E-state index contributed by atoms with van der Waals surface area (Å²) in [5.74, 6) is 2.56. The van der Waals surface area contributed by atoms with Gasteiger partial charge < -0.3 is 14.8 Å². The molecule has 0 aromatic heterocycles. The van der Waals surface area contributed by atoms with E-state index >= 15 is 0 Å². The summed E-state index contributed by atoms with van der Waals surface area (Å²) in [7, 11) is 1.98. The number of nitrogens with one attached hydrogen (secondary N) is 1. The Hall–Kier alpha value is -2.00. The van der Waals surface area contributed by atoms with E-state index in [9.17, 15) is 0 Å². The first-order valence-corrected chi connectivity index (χ1v) is 6.54. The van der Waals surface area contributed by atoms with Gasteiger partial charge in [0.25, 0.3) is 0 Å². The lowest BCUT2D eigenvalue weighted by Crippen LogP contribution is -2.23. The SMILES string of the molecule is CNC1CCOc2cc(Oc3ccccc3)ccc21. The molecule has 3 heteroatoms. The summed E-state index contributed by atoms with van der Waals surface area (Å²) in [5, 5.41) is 3.31. The van der Waals surface area contributed by atoms with Crippen molar-refractivity contribution >= 4 is 0 Å². The average Bonchev–Trinajstić information content (AvgIpc) is 2.47. The molecule has 3 rings (SSSR count). The molecule has 1 atom stereocenters. The molecule has 1 heterocycles. The lowest BCUT2D eigenvalue weighted by atomic mass is 10.0. The normalized spacial score (nSPS) is 17.4. The topological polar surface area (TPSA) is 30.5 Å². The van der Waals surface area contributed by atoms with Gasteiger partial charge in [0.15, 0.2) is 0 Å². The van der Waals surface area contributed by atoms with Gasteiger partial charge in [0.1, 0.15) is 17.2 Å². The Morgan fingerprint density at radius 3 is 2.74 bits per heavy atom. The van der Waals surface area contributed by atoms with Crippen LogP contribution >= 0.6 is 0 Å². The van der Waals surface area contributed by atoms with Crippen molar-refractivity contribution in [2.24, 2.45) is 0 Å². The molecule has 1 unspecified atom stereocenters. The van der Waals surface area contributed by atoms with Gasteiger partial charge in [-0.15, -0.1) is 0 Å². The third-order valence-electron chi connectivity index (χ3n) is 3.35. The molecule has 1 aliphatic heterocycles. The van der Waals surface area contributed by atoms with Crippen LogP contribution in [-0.2, 0) is 0 Å². The second kappa shape index (κ2) is 5.33. The van der Waals surface area contributed by atoms with E-state index in [-0.39, 0.29) is 0 Å². The molecule has 0 spiro atoms. The lowest BCUT2D eigenvalue weighted by molar-refractivity contribution is 0.256. The van der Waals surface area contributed by atoms with E-state index in [0.717, 1.165) is 30.3 Å². The Morgan fingerprint density at radius 2 is 1.95 bits per heavy atom. The highest BCUT2D eigenvalue weighted by atomic mass is 16.5. The molecule has 0 amide bonds. The predicted octanol–water partition coefficient (Wildman–Crippen LogP) is 3.52. The second-order valence-electron chi connectivity index (χ2n) is 4.59. The standard InChI is InChI=1S/C16H17NO2/c1-17-15-9-10-18-16-11-13(7-8-14(15)16)19-12-5-3-2-4-6-12/h2-8,11,15,17H,9-10H2,1H3. The number of hydrogen-bond donors (Lipinski definition) is 1. The van der Waals surface area contributed by atoms with Crippen molar-refractivity contribution in [1.82, 2.24) is 5.32 Å². The number of rotatable bonds is 3. The molecule has 0 fully saturated rings. The zero-order valence-electron chi connectivity index (χ0n) is 10.9. The molecule has 2 aromatic carbocycles. The van der Waals surface area contributed by atoms with Crippen LogP contribution in [0.15, 0.2) is 48.5 Å². The smallest absolute Gasteiger partial charge is 0.131 e. The maximum absolute atomic E-state index is 5.81. The van der Waals surface area contributed by atoms with Gasteiger partial charge in [0.05, 0.1) is 6.61 Å². The van der Waals surface area contributed by atoms with E-state index in [1.54, 1.807) is 0 Å². The van der Waals surface area contributed by atoms with Crippen LogP contribution in [0.2, 0.25) is 0 Å². The molecule has 1 aliphatic rings. The molecule has 0 aliphatic carbocycles. The van der Waals surface area contributed by atoms with Crippen molar-refractivity contribution in [1.29, 1.82) is 0 Å². The Balaban J connectivity index is 1.85. The number of benzene rings is 2. The van der Waals surface area contributed by atoms with Crippen LogP contribution in [0.1, 0.15) is 18.0 Å². The van der Waals surface area contributed by atoms with Crippen molar-refractivity contribution in [2.45, 2.75) is 12.5 Å². The molecule has 0 saturated carbocycles. The Labute approximate surface area is 113 Å². The van der Waals surface area contributed by atoms with Crippen LogP contribution in [0.4, 0.5) is 0 Å².